The number of hydrogen-bond acceptors (Lipinski definition) is 3. The summed E-state index contributed by atoms with van der Waals surface area (Å²) in [6.07, 6.45) is -11.2. The molecule has 0 rings (SSSR count). The molecule has 0 aromatic heterocycles. The number of rotatable bonds is 15. The zero-order valence-electron chi connectivity index (χ0n) is 18.5. The maximum Gasteiger partial charge on any atom is 0.460 e. The Balaban J connectivity index is 5.83. The lowest BCUT2D eigenvalue weighted by atomic mass is 9.88. The van der Waals surface area contributed by atoms with Crippen LogP contribution in [0.1, 0.15) is 32.1 Å². The Hall–Kier alpha value is -1.80. The van der Waals surface area contributed by atoms with Crippen LogP contribution in [0.25, 0.3) is 0 Å². The number of carbonyl (C=O) groups excluding carboxylic acids is 1. The molecule has 0 aliphatic rings. The maximum absolute atomic E-state index is 13.8. The zero-order chi connectivity index (χ0) is 30.8. The summed E-state index contributed by atoms with van der Waals surface area (Å²) in [6.45, 7) is -0.862. The van der Waals surface area contributed by atoms with E-state index in [0.29, 0.717) is 12.8 Å². The van der Waals surface area contributed by atoms with E-state index in [9.17, 15) is 79.4 Å². The molecule has 0 saturated carbocycles. The molecule has 38 heavy (non-hydrogen) atoms. The van der Waals surface area contributed by atoms with Crippen LogP contribution < -0.4 is 16.8 Å². The number of halogens is 17. The van der Waals surface area contributed by atoms with Gasteiger partial charge in [-0.3, -0.25) is 4.79 Å². The van der Waals surface area contributed by atoms with Crippen LogP contribution in [0.15, 0.2) is 0 Å². The molecule has 0 aromatic carbocycles. The van der Waals surface area contributed by atoms with Gasteiger partial charge in [-0.2, -0.15) is 74.6 Å². The lowest BCUT2D eigenvalue weighted by molar-refractivity contribution is -0.461. The van der Waals surface area contributed by atoms with E-state index in [1.807, 2.05) is 0 Å². The fraction of sp³-hybridized carbons (Fsp3) is 0.941. The number of nitrogens with one attached hydrogen (secondary N) is 1. The quantitative estimate of drug-likeness (QED) is 0.174. The van der Waals surface area contributed by atoms with E-state index >= 15 is 0 Å². The predicted molar refractivity (Wildman–Crippen MR) is 93.8 cm³/mol. The molecule has 5 N–H and O–H groups in total. The van der Waals surface area contributed by atoms with E-state index in [1.54, 1.807) is 5.32 Å². The second kappa shape index (κ2) is 11.4. The lowest BCUT2D eigenvalue weighted by Gasteiger charge is -2.42. The van der Waals surface area contributed by atoms with E-state index in [0.717, 1.165) is 0 Å². The third-order valence-electron chi connectivity index (χ3n) is 5.06. The summed E-state index contributed by atoms with van der Waals surface area (Å²) in [5, 5.41) is 1.76. The Bertz CT molecular complexity index is 797. The van der Waals surface area contributed by atoms with Gasteiger partial charge in [0.1, 0.15) is 0 Å². The monoisotopic (exact) mass is 605 g/mol. The van der Waals surface area contributed by atoms with Crippen molar-refractivity contribution < 1.29 is 79.4 Å². The van der Waals surface area contributed by atoms with Crippen LogP contribution >= 0.6 is 0 Å². The summed E-state index contributed by atoms with van der Waals surface area (Å²) in [4.78, 5) is 11.6. The standard InChI is InChI=1S/C17H20F17N3O/c18-10(19,5-3-7-37-9(38)8(36)4-1-2-6-35)11(20,21)12(22,23)13(24,25)14(26,27)15(28,29)16(30,31)17(32,33)34/h8H,1-7,35-36H2,(H,37,38)/t8-/m0/s1. The van der Waals surface area contributed by atoms with Gasteiger partial charge in [0.25, 0.3) is 0 Å². The maximum atomic E-state index is 13.8. The van der Waals surface area contributed by atoms with Gasteiger partial charge >= 0.3 is 47.6 Å². The second-order valence-corrected chi connectivity index (χ2v) is 7.93. The predicted octanol–water partition coefficient (Wildman–Crippen LogP) is 5.35. The first-order valence-electron chi connectivity index (χ1n) is 10.1. The normalized spacial score (nSPS) is 16.0. The lowest BCUT2D eigenvalue weighted by Crippen LogP contribution is -2.74. The highest BCUT2D eigenvalue weighted by molar-refractivity contribution is 5.81. The summed E-state index contributed by atoms with van der Waals surface area (Å²) in [7, 11) is 0. The minimum Gasteiger partial charge on any atom is -0.355 e. The van der Waals surface area contributed by atoms with Gasteiger partial charge in [-0.15, -0.1) is 0 Å². The molecular weight excluding hydrogens is 585 g/mol. The molecule has 21 heteroatoms. The van der Waals surface area contributed by atoms with Gasteiger partial charge in [0.05, 0.1) is 6.04 Å². The van der Waals surface area contributed by atoms with Gasteiger partial charge in [-0.05, 0) is 25.8 Å². The fourth-order valence-corrected chi connectivity index (χ4v) is 2.65. The van der Waals surface area contributed by atoms with Crippen molar-refractivity contribution in [3.63, 3.8) is 0 Å². The summed E-state index contributed by atoms with van der Waals surface area (Å²) < 4.78 is 224. The van der Waals surface area contributed by atoms with Crippen LogP contribution in [0.4, 0.5) is 74.6 Å². The van der Waals surface area contributed by atoms with E-state index in [4.69, 9.17) is 11.5 Å². The molecule has 0 spiro atoms. The van der Waals surface area contributed by atoms with Crippen molar-refractivity contribution in [2.45, 2.75) is 85.8 Å². The number of nitrogens with two attached hydrogens (primary N) is 2. The summed E-state index contributed by atoms with van der Waals surface area (Å²) >= 11 is 0. The molecule has 0 fully saturated rings. The van der Waals surface area contributed by atoms with Gasteiger partial charge in [-0.1, -0.05) is 6.42 Å². The molecule has 0 aromatic rings. The first-order chi connectivity index (χ1) is 16.6. The van der Waals surface area contributed by atoms with Crippen LogP contribution in [-0.4, -0.2) is 72.7 Å². The number of carbonyl (C=O) groups is 1. The molecule has 0 heterocycles. The first kappa shape index (κ1) is 36.2. The van der Waals surface area contributed by atoms with E-state index in [2.05, 4.69) is 0 Å². The Morgan fingerprint density at radius 1 is 0.605 bits per heavy atom. The van der Waals surface area contributed by atoms with Crippen LogP contribution in [-0.2, 0) is 4.79 Å². The number of unbranched alkanes of at least 4 members (excludes halogenated alkanes) is 1. The summed E-state index contributed by atoms with van der Waals surface area (Å²) in [6, 6.07) is -1.29. The SMILES string of the molecule is NCCCC[C@H](N)C(=O)NCCCC(F)(F)C(F)(F)C(F)(F)C(F)(F)C(F)(F)C(F)(F)C(F)(F)C(F)(F)F. The van der Waals surface area contributed by atoms with Crippen molar-refractivity contribution in [2.75, 3.05) is 13.1 Å². The van der Waals surface area contributed by atoms with Gasteiger partial charge in [0.15, 0.2) is 0 Å². The van der Waals surface area contributed by atoms with Crippen molar-refractivity contribution in [3.8, 4) is 0 Å². The van der Waals surface area contributed by atoms with Crippen molar-refractivity contribution in [3.05, 3.63) is 0 Å². The average Bonchev–Trinajstić information content (AvgIpc) is 2.74. The third kappa shape index (κ3) is 6.16. The van der Waals surface area contributed by atoms with Crippen LogP contribution in [0.2, 0.25) is 0 Å². The highest BCUT2D eigenvalue weighted by atomic mass is 19.4. The Morgan fingerprint density at radius 2 is 1.00 bits per heavy atom. The summed E-state index contributed by atoms with van der Waals surface area (Å²) in [5.41, 5.74) is 10.5. The highest BCUT2D eigenvalue weighted by Crippen LogP contribution is 2.64. The zero-order valence-corrected chi connectivity index (χ0v) is 18.5. The molecule has 4 nitrogen and oxygen atoms in total. The molecule has 228 valence electrons. The van der Waals surface area contributed by atoms with Crippen molar-refractivity contribution in [2.24, 2.45) is 11.5 Å². The Labute approximate surface area is 202 Å². The van der Waals surface area contributed by atoms with Crippen LogP contribution in [0.3, 0.4) is 0 Å². The molecule has 0 unspecified atom stereocenters. The minimum atomic E-state index is -8.66. The molecule has 0 aliphatic heterocycles. The highest BCUT2D eigenvalue weighted by Gasteiger charge is 2.95. The van der Waals surface area contributed by atoms with E-state index in [1.165, 1.54) is 0 Å². The van der Waals surface area contributed by atoms with Crippen molar-refractivity contribution in [1.82, 2.24) is 5.32 Å². The molecule has 0 bridgehead atoms. The van der Waals surface area contributed by atoms with Crippen molar-refractivity contribution in [1.29, 1.82) is 0 Å². The van der Waals surface area contributed by atoms with E-state index in [-0.39, 0.29) is 13.0 Å². The Morgan fingerprint density at radius 3 is 1.39 bits per heavy atom. The minimum absolute atomic E-state index is 0.00913. The summed E-state index contributed by atoms with van der Waals surface area (Å²) in [5.74, 6) is -57.6. The second-order valence-electron chi connectivity index (χ2n) is 7.93. The third-order valence-corrected chi connectivity index (χ3v) is 5.06. The van der Waals surface area contributed by atoms with Gasteiger partial charge < -0.3 is 16.8 Å². The van der Waals surface area contributed by atoms with Gasteiger partial charge in [0, 0.05) is 13.0 Å². The molecule has 1 amide bonds. The van der Waals surface area contributed by atoms with Crippen LogP contribution in [0.5, 0.6) is 0 Å². The molecular formula is C17H20F17N3O. The smallest absolute Gasteiger partial charge is 0.355 e. The van der Waals surface area contributed by atoms with E-state index < -0.39 is 79.0 Å². The molecule has 0 radical (unpaired) electrons. The number of hydrogen-bond donors (Lipinski definition) is 3. The molecule has 1 atom stereocenters. The van der Waals surface area contributed by atoms with Gasteiger partial charge in [-0.25, -0.2) is 0 Å². The number of amides is 1. The molecule has 0 aliphatic carbocycles. The number of alkyl halides is 17. The van der Waals surface area contributed by atoms with Gasteiger partial charge in [0.2, 0.25) is 5.91 Å². The first-order valence-corrected chi connectivity index (χ1v) is 10.1. The van der Waals surface area contributed by atoms with Crippen molar-refractivity contribution >= 4 is 5.91 Å². The topological polar surface area (TPSA) is 81.1 Å². The van der Waals surface area contributed by atoms with Crippen LogP contribution in [0, 0.1) is 0 Å². The average molecular weight is 605 g/mol. The Kier molecular flexibility index (Phi) is 10.8. The largest absolute Gasteiger partial charge is 0.460 e. The fourth-order valence-electron chi connectivity index (χ4n) is 2.65. The molecule has 0 saturated heterocycles.